The van der Waals surface area contributed by atoms with Crippen LogP contribution < -0.4 is 10.1 Å². The first-order valence-corrected chi connectivity index (χ1v) is 9.22. The number of anilines is 1. The number of nitrogens with one attached hydrogen (secondary N) is 1. The highest BCUT2D eigenvalue weighted by Gasteiger charge is 2.12. The quantitative estimate of drug-likeness (QED) is 0.625. The van der Waals surface area contributed by atoms with Gasteiger partial charge in [0.2, 0.25) is 0 Å². The highest BCUT2D eigenvalue weighted by atomic mass is 16.6. The molecule has 0 fully saturated rings. The molecule has 0 aromatic heterocycles. The topological polar surface area (TPSA) is 64.6 Å². The number of ether oxygens (including phenoxy) is 2. The van der Waals surface area contributed by atoms with Crippen LogP contribution in [0.4, 0.5) is 5.69 Å². The number of carbonyl (C=O) groups is 2. The van der Waals surface area contributed by atoms with Crippen LogP contribution in [0.15, 0.2) is 60.7 Å². The van der Waals surface area contributed by atoms with Gasteiger partial charge in [-0.3, -0.25) is 4.79 Å². The average Bonchev–Trinajstić information content (AvgIpc) is 2.72. The summed E-state index contributed by atoms with van der Waals surface area (Å²) in [5.74, 6) is -0.389. The molecule has 28 heavy (non-hydrogen) atoms. The molecule has 0 heterocycles. The Kier molecular flexibility index (Phi) is 6.27. The van der Waals surface area contributed by atoms with Gasteiger partial charge < -0.3 is 14.8 Å². The van der Waals surface area contributed by atoms with Crippen LogP contribution >= 0.6 is 0 Å². The van der Waals surface area contributed by atoms with E-state index in [0.717, 1.165) is 34.0 Å². The molecule has 0 unspecified atom stereocenters. The Hall–Kier alpha value is -3.34. The van der Waals surface area contributed by atoms with Gasteiger partial charge in [-0.2, -0.15) is 0 Å². The lowest BCUT2D eigenvalue weighted by atomic mass is 10.1. The van der Waals surface area contributed by atoms with Gasteiger partial charge in [0.1, 0.15) is 5.75 Å². The largest absolute Gasteiger partial charge is 0.482 e. The van der Waals surface area contributed by atoms with Crippen LogP contribution in [0, 0.1) is 6.92 Å². The van der Waals surface area contributed by atoms with Crippen LogP contribution in [-0.4, -0.2) is 25.1 Å². The summed E-state index contributed by atoms with van der Waals surface area (Å²) in [5.41, 5.74) is 2.79. The minimum atomic E-state index is -0.594. The number of aryl methyl sites for hydroxylation is 2. The Morgan fingerprint density at radius 3 is 2.50 bits per heavy atom. The summed E-state index contributed by atoms with van der Waals surface area (Å²) in [4.78, 5) is 24.0. The van der Waals surface area contributed by atoms with Gasteiger partial charge in [-0.1, -0.05) is 55.5 Å². The highest BCUT2D eigenvalue weighted by Crippen LogP contribution is 2.21. The molecule has 0 atom stereocenters. The molecule has 1 N–H and O–H groups in total. The minimum Gasteiger partial charge on any atom is -0.482 e. The zero-order valence-corrected chi connectivity index (χ0v) is 16.0. The summed E-state index contributed by atoms with van der Waals surface area (Å²) in [6.45, 7) is 3.35. The first-order valence-electron chi connectivity index (χ1n) is 9.22. The maximum absolute atomic E-state index is 12.1. The van der Waals surface area contributed by atoms with E-state index in [-0.39, 0.29) is 19.1 Å². The molecule has 5 heteroatoms. The molecule has 3 aromatic carbocycles. The summed E-state index contributed by atoms with van der Waals surface area (Å²) < 4.78 is 10.5. The van der Waals surface area contributed by atoms with E-state index in [4.69, 9.17) is 9.47 Å². The van der Waals surface area contributed by atoms with Gasteiger partial charge in [0, 0.05) is 5.69 Å². The number of carbonyl (C=O) groups excluding carboxylic acids is 2. The predicted molar refractivity (Wildman–Crippen MR) is 110 cm³/mol. The predicted octanol–water partition coefficient (Wildman–Crippen LogP) is 4.27. The number of benzene rings is 3. The summed E-state index contributed by atoms with van der Waals surface area (Å²) in [6.07, 6.45) is 0.802. The van der Waals surface area contributed by atoms with Crippen LogP contribution in [0.5, 0.6) is 5.75 Å². The molecule has 0 radical (unpaired) electrons. The minimum absolute atomic E-state index is 0.254. The molecule has 0 saturated carbocycles. The van der Waals surface area contributed by atoms with Crippen LogP contribution in [0.25, 0.3) is 10.8 Å². The Labute approximate surface area is 164 Å². The monoisotopic (exact) mass is 377 g/mol. The van der Waals surface area contributed by atoms with Crippen LogP contribution in [0.1, 0.15) is 18.1 Å². The third-order valence-corrected chi connectivity index (χ3v) is 4.45. The number of hydrogen-bond donors (Lipinski definition) is 1. The van der Waals surface area contributed by atoms with E-state index in [1.807, 2.05) is 68.4 Å². The Morgan fingerprint density at radius 1 is 0.929 bits per heavy atom. The van der Waals surface area contributed by atoms with Crippen molar-refractivity contribution in [1.29, 1.82) is 0 Å². The normalized spacial score (nSPS) is 10.5. The molecular formula is C23H23NO4. The second-order valence-corrected chi connectivity index (χ2v) is 6.47. The van der Waals surface area contributed by atoms with Crippen molar-refractivity contribution in [2.45, 2.75) is 20.3 Å². The second kappa shape index (κ2) is 9.04. The standard InChI is InChI=1S/C23H23NO4/c1-3-17-10-6-7-16(2)23(17)24-21(25)14-28-22(26)15-27-20-12-11-18-8-4-5-9-19(18)13-20/h4-13H,3,14-15H2,1-2H3,(H,24,25). The molecule has 5 nitrogen and oxygen atoms in total. The van der Waals surface area contributed by atoms with Crippen LogP contribution in [0.2, 0.25) is 0 Å². The number of hydrogen-bond acceptors (Lipinski definition) is 4. The zero-order valence-electron chi connectivity index (χ0n) is 16.0. The van der Waals surface area contributed by atoms with E-state index in [9.17, 15) is 9.59 Å². The van der Waals surface area contributed by atoms with Gasteiger partial charge in [-0.05, 0) is 47.4 Å². The van der Waals surface area contributed by atoms with Crippen molar-refractivity contribution in [2.24, 2.45) is 0 Å². The summed E-state index contributed by atoms with van der Waals surface area (Å²) in [5, 5.41) is 4.94. The lowest BCUT2D eigenvalue weighted by molar-refractivity contribution is -0.149. The lowest BCUT2D eigenvalue weighted by Gasteiger charge is -2.13. The van der Waals surface area contributed by atoms with Gasteiger partial charge in [0.15, 0.2) is 13.2 Å². The molecule has 0 aliphatic carbocycles. The number of esters is 1. The third kappa shape index (κ3) is 4.88. The number of amides is 1. The molecular weight excluding hydrogens is 354 g/mol. The van der Waals surface area contributed by atoms with E-state index in [1.54, 1.807) is 6.07 Å². The molecule has 0 aliphatic heterocycles. The summed E-state index contributed by atoms with van der Waals surface area (Å²) in [7, 11) is 0. The Balaban J connectivity index is 1.49. The molecule has 0 bridgehead atoms. The first kappa shape index (κ1) is 19.4. The fourth-order valence-corrected chi connectivity index (χ4v) is 2.96. The maximum Gasteiger partial charge on any atom is 0.344 e. The van der Waals surface area contributed by atoms with E-state index < -0.39 is 5.97 Å². The van der Waals surface area contributed by atoms with Gasteiger partial charge in [0.25, 0.3) is 5.91 Å². The average molecular weight is 377 g/mol. The Morgan fingerprint density at radius 2 is 1.71 bits per heavy atom. The van der Waals surface area contributed by atoms with Gasteiger partial charge >= 0.3 is 5.97 Å². The summed E-state index contributed by atoms with van der Waals surface area (Å²) >= 11 is 0. The van der Waals surface area contributed by atoms with Crippen molar-refractivity contribution < 1.29 is 19.1 Å². The molecule has 3 aromatic rings. The second-order valence-electron chi connectivity index (χ2n) is 6.47. The van der Waals surface area contributed by atoms with Crippen molar-refractivity contribution in [3.05, 3.63) is 71.8 Å². The van der Waals surface area contributed by atoms with Gasteiger partial charge in [-0.25, -0.2) is 4.79 Å². The SMILES string of the molecule is CCc1cccc(C)c1NC(=O)COC(=O)COc1ccc2ccccc2c1. The Bertz CT molecular complexity index is 997. The van der Waals surface area contributed by atoms with E-state index in [2.05, 4.69) is 5.32 Å². The maximum atomic E-state index is 12.1. The molecule has 3 rings (SSSR count). The fraction of sp³-hybridized carbons (Fsp3) is 0.217. The molecule has 0 saturated heterocycles. The van der Waals surface area contributed by atoms with Crippen molar-refractivity contribution in [3.63, 3.8) is 0 Å². The van der Waals surface area contributed by atoms with Crippen molar-refractivity contribution in [3.8, 4) is 5.75 Å². The molecule has 144 valence electrons. The zero-order chi connectivity index (χ0) is 19.9. The fourth-order valence-electron chi connectivity index (χ4n) is 2.96. The molecule has 0 spiro atoms. The van der Waals surface area contributed by atoms with Crippen molar-refractivity contribution in [2.75, 3.05) is 18.5 Å². The third-order valence-electron chi connectivity index (χ3n) is 4.45. The number of fused-ring (bicyclic) bond motifs is 1. The molecule has 0 aliphatic rings. The van der Waals surface area contributed by atoms with E-state index in [1.165, 1.54) is 0 Å². The van der Waals surface area contributed by atoms with Crippen molar-refractivity contribution in [1.82, 2.24) is 0 Å². The van der Waals surface area contributed by atoms with Gasteiger partial charge in [0.05, 0.1) is 0 Å². The van der Waals surface area contributed by atoms with Gasteiger partial charge in [-0.15, -0.1) is 0 Å². The molecule has 1 amide bonds. The van der Waals surface area contributed by atoms with E-state index in [0.29, 0.717) is 5.75 Å². The number of para-hydroxylation sites is 1. The summed E-state index contributed by atoms with van der Waals surface area (Å²) in [6, 6.07) is 19.3. The number of rotatable bonds is 7. The van der Waals surface area contributed by atoms with E-state index >= 15 is 0 Å². The smallest absolute Gasteiger partial charge is 0.344 e. The lowest BCUT2D eigenvalue weighted by Crippen LogP contribution is -2.24. The van der Waals surface area contributed by atoms with Crippen molar-refractivity contribution >= 4 is 28.3 Å². The van der Waals surface area contributed by atoms with Crippen LogP contribution in [0.3, 0.4) is 0 Å². The highest BCUT2D eigenvalue weighted by molar-refractivity contribution is 5.94. The van der Waals surface area contributed by atoms with Crippen LogP contribution in [-0.2, 0) is 20.7 Å². The first-order chi connectivity index (χ1) is 13.6.